The highest BCUT2D eigenvalue weighted by Crippen LogP contribution is 2.69. The largest absolute Gasteiger partial charge is 0.497 e. The Morgan fingerprint density at radius 2 is 1.50 bits per heavy atom. The summed E-state index contributed by atoms with van der Waals surface area (Å²) < 4.78 is 7.04. The molecule has 8 rings (SSSR count). The summed E-state index contributed by atoms with van der Waals surface area (Å²) in [6.45, 7) is 3.87. The summed E-state index contributed by atoms with van der Waals surface area (Å²) in [6, 6.07) is 23.1. The van der Waals surface area contributed by atoms with E-state index >= 15 is 0 Å². The number of amides is 3. The number of nitrogens with one attached hydrogen (secondary N) is 1. The predicted octanol–water partition coefficient (Wildman–Crippen LogP) is 5.85. The number of benzene rings is 3. The number of rotatable bonds is 6. The van der Waals surface area contributed by atoms with Crippen molar-refractivity contribution in [1.29, 1.82) is 0 Å². The maximum atomic E-state index is 14.1. The molecule has 2 bridgehead atoms. The van der Waals surface area contributed by atoms with E-state index in [0.29, 0.717) is 11.4 Å². The maximum Gasteiger partial charge on any atom is 0.308 e. The lowest BCUT2D eigenvalue weighted by Crippen LogP contribution is -2.43. The van der Waals surface area contributed by atoms with Gasteiger partial charge in [0.15, 0.2) is 0 Å². The van der Waals surface area contributed by atoms with Crippen molar-refractivity contribution in [3.63, 3.8) is 0 Å². The highest BCUT2D eigenvalue weighted by Gasteiger charge is 2.69. The zero-order chi connectivity index (χ0) is 31.9. The summed E-state index contributed by atoms with van der Waals surface area (Å²) in [4.78, 5) is 57.0. The molecule has 1 saturated heterocycles. The molecule has 10 heteroatoms. The average molecular weight is 652 g/mol. The molecule has 3 heterocycles. The van der Waals surface area contributed by atoms with Gasteiger partial charge in [0, 0.05) is 21.7 Å². The predicted molar refractivity (Wildman–Crippen MR) is 179 cm³/mol. The molecule has 2 aliphatic carbocycles. The molecule has 234 valence electrons. The van der Waals surface area contributed by atoms with Crippen LogP contribution in [0.5, 0.6) is 5.75 Å². The van der Waals surface area contributed by atoms with Crippen molar-refractivity contribution in [3.05, 3.63) is 104 Å². The van der Waals surface area contributed by atoms with Gasteiger partial charge in [-0.05, 0) is 80.0 Å². The third kappa shape index (κ3) is 4.48. The maximum absolute atomic E-state index is 14.1. The number of hydrogen-bond acceptors (Lipinski definition) is 7. The van der Waals surface area contributed by atoms with E-state index in [4.69, 9.17) is 4.74 Å². The van der Waals surface area contributed by atoms with Gasteiger partial charge in [-0.25, -0.2) is 0 Å². The van der Waals surface area contributed by atoms with E-state index in [-0.39, 0.29) is 69.9 Å². The van der Waals surface area contributed by atoms with Crippen molar-refractivity contribution < 1.29 is 19.1 Å². The average Bonchev–Trinajstić information content (AvgIpc) is 3.77. The quantitative estimate of drug-likeness (QED) is 0.263. The van der Waals surface area contributed by atoms with Crippen molar-refractivity contribution >= 4 is 52.2 Å². The van der Waals surface area contributed by atoms with E-state index in [1.807, 2.05) is 86.6 Å². The molecule has 0 radical (unpaired) electrons. The van der Waals surface area contributed by atoms with Gasteiger partial charge in [0.05, 0.1) is 29.7 Å². The number of hydrogen-bond donors (Lipinski definition) is 1. The lowest BCUT2D eigenvalue weighted by molar-refractivity contribution is -0.123. The normalized spacial score (nSPS) is 27.4. The standard InChI is InChI=1S/C36H33N3O5S2/c1-18-4-10-21(11-5-18)37-26(40)17-38-35-32(46-36(38)43)27(20-8-14-23(44-3)15-9-20)28-24-16-25(31(28)45-35)30-29(24)33(41)39(34(30)42)22-12-6-19(2)7-13-22/h4-15,24-25,27-31H,16-17H2,1-3H3,(H,37,40). The smallest absolute Gasteiger partial charge is 0.308 e. The number of anilines is 2. The van der Waals surface area contributed by atoms with Crippen LogP contribution in [0.25, 0.3) is 0 Å². The van der Waals surface area contributed by atoms with E-state index in [0.717, 1.165) is 38.8 Å². The van der Waals surface area contributed by atoms with E-state index < -0.39 is 0 Å². The number of carbonyl (C=O) groups is 3. The number of nitrogens with zero attached hydrogens (tertiary/aromatic N) is 2. The fraction of sp³-hybridized carbons (Fsp3) is 0.333. The highest BCUT2D eigenvalue weighted by molar-refractivity contribution is 8.00. The van der Waals surface area contributed by atoms with Gasteiger partial charge < -0.3 is 10.1 Å². The third-order valence-corrected chi connectivity index (χ3v) is 13.1. The Morgan fingerprint density at radius 1 is 0.870 bits per heavy atom. The van der Waals surface area contributed by atoms with Crippen LogP contribution in [0.2, 0.25) is 0 Å². The topological polar surface area (TPSA) is 97.7 Å². The Balaban J connectivity index is 1.17. The van der Waals surface area contributed by atoms with E-state index in [1.165, 1.54) is 16.2 Å². The summed E-state index contributed by atoms with van der Waals surface area (Å²) in [7, 11) is 1.63. The number of ether oxygens (including phenoxy) is 1. The molecule has 3 amide bonds. The Labute approximate surface area is 274 Å². The van der Waals surface area contributed by atoms with Gasteiger partial charge in [-0.15, -0.1) is 11.8 Å². The van der Waals surface area contributed by atoms with Crippen LogP contribution in [-0.2, 0) is 20.9 Å². The van der Waals surface area contributed by atoms with Crippen molar-refractivity contribution in [2.45, 2.75) is 43.0 Å². The Bertz CT molecular complexity index is 1930. The summed E-state index contributed by atoms with van der Waals surface area (Å²) >= 11 is 2.83. The Hall–Kier alpha value is -4.15. The molecule has 1 N–H and O–H groups in total. The number of imide groups is 1. The number of fused-ring (bicyclic) bond motifs is 9. The zero-order valence-corrected chi connectivity index (χ0v) is 27.3. The first-order valence-electron chi connectivity index (χ1n) is 15.6. The van der Waals surface area contributed by atoms with Gasteiger partial charge >= 0.3 is 4.87 Å². The van der Waals surface area contributed by atoms with Crippen LogP contribution < -0.4 is 19.8 Å². The van der Waals surface area contributed by atoms with Crippen LogP contribution in [-0.4, -0.2) is 34.6 Å². The molecule has 3 fully saturated rings. The fourth-order valence-electron chi connectivity index (χ4n) is 8.37. The number of carbonyl (C=O) groups excluding carboxylic acids is 3. The number of thiazole rings is 1. The number of methoxy groups -OCH3 is 1. The second-order valence-electron chi connectivity index (χ2n) is 12.9. The highest BCUT2D eigenvalue weighted by atomic mass is 32.2. The zero-order valence-electron chi connectivity index (χ0n) is 25.6. The number of thioether (sulfide) groups is 1. The van der Waals surface area contributed by atoms with Gasteiger partial charge in [-0.1, -0.05) is 58.9 Å². The molecule has 2 aliphatic heterocycles. The molecule has 2 saturated carbocycles. The molecule has 0 spiro atoms. The lowest BCUT2D eigenvalue weighted by Gasteiger charge is -2.43. The molecule has 4 aliphatic rings. The van der Waals surface area contributed by atoms with Crippen LogP contribution >= 0.6 is 23.1 Å². The van der Waals surface area contributed by atoms with Gasteiger partial charge in [-0.3, -0.25) is 28.6 Å². The molecular formula is C36H33N3O5S2. The Morgan fingerprint density at radius 3 is 2.15 bits per heavy atom. The Kier molecular flexibility index (Phi) is 6.99. The first-order chi connectivity index (χ1) is 22.2. The first-order valence-corrected chi connectivity index (χ1v) is 17.3. The van der Waals surface area contributed by atoms with E-state index in [2.05, 4.69) is 5.32 Å². The molecule has 7 atom stereocenters. The monoisotopic (exact) mass is 651 g/mol. The molecule has 46 heavy (non-hydrogen) atoms. The van der Waals surface area contributed by atoms with Crippen LogP contribution in [0, 0.1) is 43.4 Å². The molecular weight excluding hydrogens is 619 g/mol. The molecule has 8 nitrogen and oxygen atoms in total. The van der Waals surface area contributed by atoms with Crippen LogP contribution in [0.4, 0.5) is 11.4 Å². The summed E-state index contributed by atoms with van der Waals surface area (Å²) in [5.41, 5.74) is 4.51. The van der Waals surface area contributed by atoms with Gasteiger partial charge in [0.25, 0.3) is 0 Å². The van der Waals surface area contributed by atoms with Crippen molar-refractivity contribution in [1.82, 2.24) is 4.57 Å². The SMILES string of the molecule is COc1ccc(C2c3sc(=O)n(CC(=O)Nc4ccc(C)cc4)c3SC3C4CC(C5C(=O)N(c6ccc(C)cc6)C(=O)C45)C23)cc1. The molecule has 7 unspecified atom stereocenters. The fourth-order valence-corrected chi connectivity index (χ4v) is 11.5. The van der Waals surface area contributed by atoms with Crippen molar-refractivity contribution in [2.75, 3.05) is 17.3 Å². The second-order valence-corrected chi connectivity index (χ2v) is 15.1. The van der Waals surface area contributed by atoms with Gasteiger partial charge in [0.1, 0.15) is 12.3 Å². The van der Waals surface area contributed by atoms with E-state index in [9.17, 15) is 19.2 Å². The van der Waals surface area contributed by atoms with E-state index in [1.54, 1.807) is 23.4 Å². The van der Waals surface area contributed by atoms with Gasteiger partial charge in [0.2, 0.25) is 17.7 Å². The summed E-state index contributed by atoms with van der Waals surface area (Å²) in [5.74, 6) is -0.568. The van der Waals surface area contributed by atoms with Crippen molar-refractivity contribution in [3.8, 4) is 5.75 Å². The van der Waals surface area contributed by atoms with Crippen LogP contribution in [0.1, 0.15) is 33.9 Å². The molecule has 3 aromatic carbocycles. The minimum Gasteiger partial charge on any atom is -0.497 e. The number of aromatic nitrogens is 1. The first kappa shape index (κ1) is 29.3. The van der Waals surface area contributed by atoms with Gasteiger partial charge in [-0.2, -0.15) is 0 Å². The number of aryl methyl sites for hydroxylation is 2. The van der Waals surface area contributed by atoms with Crippen LogP contribution in [0.3, 0.4) is 0 Å². The second kappa shape index (κ2) is 11.0. The van der Waals surface area contributed by atoms with Crippen molar-refractivity contribution in [2.24, 2.45) is 29.6 Å². The van der Waals surface area contributed by atoms with Crippen LogP contribution in [0.15, 0.2) is 82.6 Å². The summed E-state index contributed by atoms with van der Waals surface area (Å²) in [6.07, 6.45) is 0.802. The molecule has 1 aromatic heterocycles. The lowest BCUT2D eigenvalue weighted by atomic mass is 9.68. The molecule has 4 aromatic rings. The summed E-state index contributed by atoms with van der Waals surface area (Å²) in [5, 5.41) is 3.76. The minimum absolute atomic E-state index is 0.00404. The third-order valence-electron chi connectivity index (χ3n) is 10.4. The minimum atomic E-state index is -0.380.